The molecule has 7 heteroatoms. The van der Waals surface area contributed by atoms with Crippen LogP contribution in [0.1, 0.15) is 25.8 Å². The van der Waals surface area contributed by atoms with Crippen molar-refractivity contribution in [1.29, 1.82) is 0 Å². The van der Waals surface area contributed by atoms with E-state index in [0.717, 1.165) is 17.0 Å². The smallest absolute Gasteiger partial charge is 0.240 e. The zero-order valence-corrected chi connectivity index (χ0v) is 17.0. The van der Waals surface area contributed by atoms with Crippen molar-refractivity contribution in [2.75, 3.05) is 24.6 Å². The van der Waals surface area contributed by atoms with Crippen LogP contribution in [0, 0.1) is 5.92 Å². The Morgan fingerprint density at radius 1 is 1.14 bits per heavy atom. The van der Waals surface area contributed by atoms with E-state index in [9.17, 15) is 13.2 Å². The van der Waals surface area contributed by atoms with Gasteiger partial charge in [0.15, 0.2) is 0 Å². The predicted octanol–water partition coefficient (Wildman–Crippen LogP) is 2.98. The maximum atomic E-state index is 12.7. The van der Waals surface area contributed by atoms with Gasteiger partial charge in [0, 0.05) is 13.0 Å². The van der Waals surface area contributed by atoms with E-state index in [4.69, 9.17) is 4.74 Å². The highest BCUT2D eigenvalue weighted by Crippen LogP contribution is 2.31. The van der Waals surface area contributed by atoms with Crippen LogP contribution in [-0.4, -0.2) is 34.0 Å². The third-order valence-electron chi connectivity index (χ3n) is 4.57. The van der Waals surface area contributed by atoms with Gasteiger partial charge in [-0.05, 0) is 42.2 Å². The van der Waals surface area contributed by atoms with Gasteiger partial charge in [-0.15, -0.1) is 0 Å². The van der Waals surface area contributed by atoms with Crippen LogP contribution in [0.3, 0.4) is 0 Å². The molecule has 0 aromatic heterocycles. The molecule has 2 aromatic rings. The minimum Gasteiger partial charge on any atom is -0.490 e. The monoisotopic (exact) mass is 402 g/mol. The molecule has 0 saturated heterocycles. The van der Waals surface area contributed by atoms with Crippen LogP contribution < -0.4 is 14.4 Å². The number of hydrogen-bond acceptors (Lipinski definition) is 4. The van der Waals surface area contributed by atoms with E-state index in [1.807, 2.05) is 38.1 Å². The molecule has 0 bridgehead atoms. The van der Waals surface area contributed by atoms with E-state index < -0.39 is 10.0 Å². The summed E-state index contributed by atoms with van der Waals surface area (Å²) in [6, 6.07) is 14.2. The highest BCUT2D eigenvalue weighted by Gasteiger charge is 2.23. The van der Waals surface area contributed by atoms with Gasteiger partial charge in [0.2, 0.25) is 15.9 Å². The molecular weight excluding hydrogens is 376 g/mol. The van der Waals surface area contributed by atoms with Gasteiger partial charge < -0.3 is 9.64 Å². The van der Waals surface area contributed by atoms with Crippen molar-refractivity contribution in [2.45, 2.75) is 31.6 Å². The van der Waals surface area contributed by atoms with Crippen LogP contribution in [0.4, 0.5) is 5.69 Å². The molecule has 0 saturated carbocycles. The molecule has 0 aliphatic carbocycles. The summed E-state index contributed by atoms with van der Waals surface area (Å²) in [6.07, 6.45) is 0.907. The number of carbonyl (C=O) groups is 1. The number of amides is 1. The Balaban J connectivity index is 1.60. The van der Waals surface area contributed by atoms with Crippen LogP contribution >= 0.6 is 0 Å². The summed E-state index contributed by atoms with van der Waals surface area (Å²) < 4.78 is 32.7. The normalized spacial score (nSPS) is 13.9. The Morgan fingerprint density at radius 2 is 1.86 bits per heavy atom. The Bertz CT molecular complexity index is 924. The summed E-state index contributed by atoms with van der Waals surface area (Å²) >= 11 is 0. The first-order valence-corrected chi connectivity index (χ1v) is 11.0. The maximum Gasteiger partial charge on any atom is 0.240 e. The highest BCUT2D eigenvalue weighted by molar-refractivity contribution is 7.89. The second kappa shape index (κ2) is 8.75. The van der Waals surface area contributed by atoms with Gasteiger partial charge in [-0.25, -0.2) is 13.1 Å². The standard InChI is InChI=1S/C21H26N2O4S/c1-16(2)15-22-28(25,26)18-10-7-17(8-11-18)9-12-21(24)23-13-14-27-20-6-4-3-5-19(20)23/h3-8,10-11,16,22H,9,12-15H2,1-2H3. The summed E-state index contributed by atoms with van der Waals surface area (Å²) in [5.74, 6) is 1.00. The maximum absolute atomic E-state index is 12.7. The van der Waals surface area contributed by atoms with Crippen LogP contribution in [-0.2, 0) is 21.2 Å². The van der Waals surface area contributed by atoms with Crippen LogP contribution in [0.15, 0.2) is 53.4 Å². The Morgan fingerprint density at radius 3 is 2.57 bits per heavy atom. The van der Waals surface area contributed by atoms with Crippen molar-refractivity contribution in [3.8, 4) is 5.75 Å². The van der Waals surface area contributed by atoms with Crippen molar-refractivity contribution in [1.82, 2.24) is 4.72 Å². The van der Waals surface area contributed by atoms with Crippen molar-refractivity contribution in [3.05, 3.63) is 54.1 Å². The number of para-hydroxylation sites is 2. The number of rotatable bonds is 7. The number of fused-ring (bicyclic) bond motifs is 1. The Kier molecular flexibility index (Phi) is 6.36. The Labute approximate surface area is 166 Å². The summed E-state index contributed by atoms with van der Waals surface area (Å²) in [5.41, 5.74) is 1.73. The van der Waals surface area contributed by atoms with E-state index in [2.05, 4.69) is 4.72 Å². The van der Waals surface area contributed by atoms with E-state index in [0.29, 0.717) is 32.5 Å². The lowest BCUT2D eigenvalue weighted by molar-refractivity contribution is -0.118. The molecule has 1 aliphatic heterocycles. The lowest BCUT2D eigenvalue weighted by atomic mass is 10.1. The minimum atomic E-state index is -3.49. The van der Waals surface area contributed by atoms with Gasteiger partial charge in [0.05, 0.1) is 17.1 Å². The number of carbonyl (C=O) groups excluding carboxylic acids is 1. The lowest BCUT2D eigenvalue weighted by Gasteiger charge is -2.29. The number of benzene rings is 2. The molecule has 3 rings (SSSR count). The number of sulfonamides is 1. The van der Waals surface area contributed by atoms with Gasteiger partial charge in [0.1, 0.15) is 12.4 Å². The Hall–Kier alpha value is -2.38. The lowest BCUT2D eigenvalue weighted by Crippen LogP contribution is -2.38. The molecular formula is C21H26N2O4S. The average Bonchev–Trinajstić information content (AvgIpc) is 2.70. The number of aryl methyl sites for hydroxylation is 1. The number of nitrogens with one attached hydrogen (secondary N) is 1. The van der Waals surface area contributed by atoms with Crippen molar-refractivity contribution in [3.63, 3.8) is 0 Å². The third kappa shape index (κ3) is 4.91. The van der Waals surface area contributed by atoms with E-state index in [-0.39, 0.29) is 16.7 Å². The highest BCUT2D eigenvalue weighted by atomic mass is 32.2. The molecule has 0 unspecified atom stereocenters. The average molecular weight is 403 g/mol. The molecule has 28 heavy (non-hydrogen) atoms. The molecule has 1 aliphatic rings. The van der Waals surface area contributed by atoms with Crippen molar-refractivity contribution >= 4 is 21.6 Å². The number of nitrogens with zero attached hydrogens (tertiary/aromatic N) is 1. The number of ether oxygens (including phenoxy) is 1. The van der Waals surface area contributed by atoms with Crippen molar-refractivity contribution in [2.24, 2.45) is 5.92 Å². The molecule has 2 aromatic carbocycles. The van der Waals surface area contributed by atoms with E-state index in [1.165, 1.54) is 0 Å². The molecule has 1 N–H and O–H groups in total. The van der Waals surface area contributed by atoms with Gasteiger partial charge in [-0.2, -0.15) is 0 Å². The van der Waals surface area contributed by atoms with Crippen LogP contribution in [0.2, 0.25) is 0 Å². The largest absolute Gasteiger partial charge is 0.490 e. The molecule has 1 amide bonds. The summed E-state index contributed by atoms with van der Waals surface area (Å²) in [5, 5.41) is 0. The fraction of sp³-hybridized carbons (Fsp3) is 0.381. The molecule has 0 fully saturated rings. The minimum absolute atomic E-state index is 0.0334. The van der Waals surface area contributed by atoms with Crippen LogP contribution in [0.25, 0.3) is 0 Å². The van der Waals surface area contributed by atoms with Gasteiger partial charge >= 0.3 is 0 Å². The molecule has 1 heterocycles. The van der Waals surface area contributed by atoms with E-state index >= 15 is 0 Å². The first kappa shape index (κ1) is 20.4. The first-order chi connectivity index (χ1) is 13.4. The molecule has 6 nitrogen and oxygen atoms in total. The van der Waals surface area contributed by atoms with Crippen molar-refractivity contribution < 1.29 is 17.9 Å². The zero-order chi connectivity index (χ0) is 20.1. The number of anilines is 1. The molecule has 0 radical (unpaired) electrons. The predicted molar refractivity (Wildman–Crippen MR) is 109 cm³/mol. The first-order valence-electron chi connectivity index (χ1n) is 9.47. The second-order valence-corrected chi connectivity index (χ2v) is 9.02. The fourth-order valence-electron chi connectivity index (χ4n) is 3.01. The molecule has 0 atom stereocenters. The number of hydrogen-bond donors (Lipinski definition) is 1. The fourth-order valence-corrected chi connectivity index (χ4v) is 4.22. The summed E-state index contributed by atoms with van der Waals surface area (Å²) in [6.45, 7) is 5.33. The van der Waals surface area contributed by atoms with Gasteiger partial charge in [-0.1, -0.05) is 38.1 Å². The van der Waals surface area contributed by atoms with E-state index in [1.54, 1.807) is 29.2 Å². The zero-order valence-electron chi connectivity index (χ0n) is 16.2. The third-order valence-corrected chi connectivity index (χ3v) is 6.01. The van der Waals surface area contributed by atoms with Gasteiger partial charge in [-0.3, -0.25) is 4.79 Å². The SMILES string of the molecule is CC(C)CNS(=O)(=O)c1ccc(CCC(=O)N2CCOc3ccccc32)cc1. The summed E-state index contributed by atoms with van der Waals surface area (Å²) in [7, 11) is -3.49. The quantitative estimate of drug-likeness (QED) is 0.773. The second-order valence-electron chi connectivity index (χ2n) is 7.25. The van der Waals surface area contributed by atoms with Gasteiger partial charge in [0.25, 0.3) is 0 Å². The topological polar surface area (TPSA) is 75.7 Å². The molecule has 0 spiro atoms. The van der Waals surface area contributed by atoms with Crippen LogP contribution in [0.5, 0.6) is 5.75 Å². The molecule has 150 valence electrons. The summed E-state index contributed by atoms with van der Waals surface area (Å²) in [4.78, 5) is 14.7.